The van der Waals surface area contributed by atoms with Crippen LogP contribution in [-0.4, -0.2) is 28.9 Å². The summed E-state index contributed by atoms with van der Waals surface area (Å²) in [6, 6.07) is 9.53. The molecule has 2 rings (SSSR count). The highest BCUT2D eigenvalue weighted by Gasteiger charge is 2.25. The van der Waals surface area contributed by atoms with Crippen LogP contribution in [0.4, 0.5) is 4.79 Å². The minimum atomic E-state index is -0.688. The van der Waals surface area contributed by atoms with Crippen molar-refractivity contribution < 1.29 is 14.6 Å². The van der Waals surface area contributed by atoms with Gasteiger partial charge in [-0.05, 0) is 24.8 Å². The van der Waals surface area contributed by atoms with E-state index >= 15 is 0 Å². The summed E-state index contributed by atoms with van der Waals surface area (Å²) in [5, 5.41) is 9.66. The molecule has 0 saturated carbocycles. The fraction of sp³-hybridized carbons (Fsp3) is 0.462. The predicted octanol–water partition coefficient (Wildman–Crippen LogP) is 2.13. The standard InChI is InChI=1S/C13H17NO3/c15-12-8-4-5-9-14(12)13(16)17-10-11-6-2-1-3-7-11/h1-3,6-7,12,15H,4-5,8-10H2/t12-/m1/s1. The molecule has 1 heterocycles. The van der Waals surface area contributed by atoms with Gasteiger partial charge in [-0.25, -0.2) is 4.79 Å². The van der Waals surface area contributed by atoms with Crippen LogP contribution in [0, 0.1) is 0 Å². The van der Waals surface area contributed by atoms with Crippen LogP contribution in [0.1, 0.15) is 24.8 Å². The summed E-state index contributed by atoms with van der Waals surface area (Å²) in [5.74, 6) is 0. The molecule has 1 fully saturated rings. The van der Waals surface area contributed by atoms with Gasteiger partial charge >= 0.3 is 6.09 Å². The van der Waals surface area contributed by atoms with Crippen LogP contribution >= 0.6 is 0 Å². The highest BCUT2D eigenvalue weighted by Crippen LogP contribution is 2.16. The second-order valence-corrected chi connectivity index (χ2v) is 4.21. The average molecular weight is 235 g/mol. The first-order valence-corrected chi connectivity index (χ1v) is 5.93. The molecule has 0 spiro atoms. The van der Waals surface area contributed by atoms with Gasteiger partial charge in [0.1, 0.15) is 12.8 Å². The SMILES string of the molecule is O=C(OCc1ccccc1)N1CCCC[C@H]1O. The molecular formula is C13H17NO3. The lowest BCUT2D eigenvalue weighted by molar-refractivity contribution is -0.0235. The minimum absolute atomic E-state index is 0.253. The molecular weight excluding hydrogens is 218 g/mol. The number of amides is 1. The average Bonchev–Trinajstić information content (AvgIpc) is 2.38. The molecule has 0 bridgehead atoms. The molecule has 0 aromatic heterocycles. The molecule has 1 N–H and O–H groups in total. The van der Waals surface area contributed by atoms with Gasteiger partial charge in [0.15, 0.2) is 0 Å². The Balaban J connectivity index is 1.84. The number of carbonyl (C=O) groups excluding carboxylic acids is 1. The zero-order chi connectivity index (χ0) is 12.1. The number of hydrogen-bond donors (Lipinski definition) is 1. The quantitative estimate of drug-likeness (QED) is 0.854. The van der Waals surface area contributed by atoms with E-state index in [1.54, 1.807) is 0 Å². The van der Waals surface area contributed by atoms with E-state index in [-0.39, 0.29) is 6.61 Å². The van der Waals surface area contributed by atoms with E-state index in [0.29, 0.717) is 13.0 Å². The Morgan fingerprint density at radius 2 is 2.12 bits per heavy atom. The normalized spacial score (nSPS) is 20.1. The highest BCUT2D eigenvalue weighted by atomic mass is 16.6. The minimum Gasteiger partial charge on any atom is -0.444 e. The third-order valence-electron chi connectivity index (χ3n) is 2.91. The van der Waals surface area contributed by atoms with Crippen LogP contribution in [-0.2, 0) is 11.3 Å². The second kappa shape index (κ2) is 5.68. The fourth-order valence-electron chi connectivity index (χ4n) is 1.93. The maximum Gasteiger partial charge on any atom is 0.412 e. The monoisotopic (exact) mass is 235 g/mol. The summed E-state index contributed by atoms with van der Waals surface area (Å²) in [6.45, 7) is 0.831. The number of piperidine rings is 1. The molecule has 1 aromatic rings. The smallest absolute Gasteiger partial charge is 0.412 e. The van der Waals surface area contributed by atoms with E-state index in [4.69, 9.17) is 4.74 Å². The van der Waals surface area contributed by atoms with Crippen molar-refractivity contribution in [1.82, 2.24) is 4.90 Å². The molecule has 4 nitrogen and oxygen atoms in total. The number of aliphatic hydroxyl groups excluding tert-OH is 1. The van der Waals surface area contributed by atoms with Crippen molar-refractivity contribution in [3.8, 4) is 0 Å². The van der Waals surface area contributed by atoms with Crippen LogP contribution in [0.3, 0.4) is 0 Å². The molecule has 1 aromatic carbocycles. The highest BCUT2D eigenvalue weighted by molar-refractivity contribution is 5.67. The van der Waals surface area contributed by atoms with E-state index in [1.807, 2.05) is 30.3 Å². The van der Waals surface area contributed by atoms with Gasteiger partial charge in [0.25, 0.3) is 0 Å². The van der Waals surface area contributed by atoms with Gasteiger partial charge in [0, 0.05) is 6.54 Å². The first-order valence-electron chi connectivity index (χ1n) is 5.93. The Kier molecular flexibility index (Phi) is 3.98. The van der Waals surface area contributed by atoms with Crippen molar-refractivity contribution in [2.75, 3.05) is 6.54 Å². The summed E-state index contributed by atoms with van der Waals surface area (Å²) in [7, 11) is 0. The molecule has 1 amide bonds. The molecule has 17 heavy (non-hydrogen) atoms. The maximum absolute atomic E-state index is 11.7. The molecule has 1 saturated heterocycles. The Bertz CT molecular complexity index is 366. The van der Waals surface area contributed by atoms with Crippen molar-refractivity contribution in [1.29, 1.82) is 0 Å². The zero-order valence-corrected chi connectivity index (χ0v) is 9.71. The number of benzene rings is 1. The zero-order valence-electron chi connectivity index (χ0n) is 9.71. The van der Waals surface area contributed by atoms with Gasteiger partial charge in [-0.2, -0.15) is 0 Å². The molecule has 92 valence electrons. The van der Waals surface area contributed by atoms with Crippen LogP contribution in [0.15, 0.2) is 30.3 Å². The lowest BCUT2D eigenvalue weighted by Gasteiger charge is -2.31. The second-order valence-electron chi connectivity index (χ2n) is 4.21. The van der Waals surface area contributed by atoms with Crippen molar-refractivity contribution in [2.24, 2.45) is 0 Å². The van der Waals surface area contributed by atoms with Gasteiger partial charge in [0.05, 0.1) is 0 Å². The first-order chi connectivity index (χ1) is 8.27. The molecule has 1 atom stereocenters. The molecule has 0 aliphatic carbocycles. The van der Waals surface area contributed by atoms with E-state index in [1.165, 1.54) is 4.90 Å². The fourth-order valence-corrected chi connectivity index (χ4v) is 1.93. The van der Waals surface area contributed by atoms with Gasteiger partial charge < -0.3 is 9.84 Å². The number of ether oxygens (including phenoxy) is 1. The Morgan fingerprint density at radius 3 is 2.82 bits per heavy atom. The number of likely N-dealkylation sites (tertiary alicyclic amines) is 1. The van der Waals surface area contributed by atoms with Crippen LogP contribution in [0.2, 0.25) is 0 Å². The molecule has 0 unspecified atom stereocenters. The molecule has 1 aliphatic rings. The van der Waals surface area contributed by atoms with Crippen molar-refractivity contribution in [2.45, 2.75) is 32.1 Å². The summed E-state index contributed by atoms with van der Waals surface area (Å²) >= 11 is 0. The van der Waals surface area contributed by atoms with Crippen molar-refractivity contribution in [3.05, 3.63) is 35.9 Å². The lowest BCUT2D eigenvalue weighted by atomic mass is 10.1. The number of rotatable bonds is 2. The Labute approximate surface area is 101 Å². The van der Waals surface area contributed by atoms with E-state index in [0.717, 1.165) is 18.4 Å². The third kappa shape index (κ3) is 3.20. The van der Waals surface area contributed by atoms with Gasteiger partial charge in [-0.15, -0.1) is 0 Å². The number of aliphatic hydroxyl groups is 1. The summed E-state index contributed by atoms with van der Waals surface area (Å²) < 4.78 is 5.16. The Morgan fingerprint density at radius 1 is 1.35 bits per heavy atom. The third-order valence-corrected chi connectivity index (χ3v) is 2.91. The summed E-state index contributed by atoms with van der Waals surface area (Å²) in [6.07, 6.45) is 1.41. The predicted molar refractivity (Wildman–Crippen MR) is 63.2 cm³/mol. The summed E-state index contributed by atoms with van der Waals surface area (Å²) in [4.78, 5) is 13.1. The van der Waals surface area contributed by atoms with Gasteiger partial charge in [-0.1, -0.05) is 30.3 Å². The van der Waals surface area contributed by atoms with Crippen LogP contribution in [0.25, 0.3) is 0 Å². The van der Waals surface area contributed by atoms with Crippen molar-refractivity contribution in [3.63, 3.8) is 0 Å². The summed E-state index contributed by atoms with van der Waals surface area (Å²) in [5.41, 5.74) is 0.951. The largest absolute Gasteiger partial charge is 0.444 e. The molecule has 0 radical (unpaired) electrons. The van der Waals surface area contributed by atoms with Gasteiger partial charge in [0.2, 0.25) is 0 Å². The number of carbonyl (C=O) groups is 1. The van der Waals surface area contributed by atoms with E-state index < -0.39 is 12.3 Å². The number of hydrogen-bond acceptors (Lipinski definition) is 3. The molecule has 1 aliphatic heterocycles. The van der Waals surface area contributed by atoms with Crippen LogP contribution < -0.4 is 0 Å². The molecule has 4 heteroatoms. The van der Waals surface area contributed by atoms with Gasteiger partial charge in [-0.3, -0.25) is 4.90 Å². The van der Waals surface area contributed by atoms with Crippen LogP contribution in [0.5, 0.6) is 0 Å². The topological polar surface area (TPSA) is 49.8 Å². The lowest BCUT2D eigenvalue weighted by Crippen LogP contribution is -2.43. The maximum atomic E-state index is 11.7. The van der Waals surface area contributed by atoms with Crippen molar-refractivity contribution >= 4 is 6.09 Å². The first kappa shape index (κ1) is 11.9. The van der Waals surface area contributed by atoms with E-state index in [9.17, 15) is 9.90 Å². The Hall–Kier alpha value is -1.55. The van der Waals surface area contributed by atoms with E-state index in [2.05, 4.69) is 0 Å². The number of nitrogens with zero attached hydrogens (tertiary/aromatic N) is 1.